The second-order valence-corrected chi connectivity index (χ2v) is 4.46. The first kappa shape index (κ1) is 13.9. The van der Waals surface area contributed by atoms with E-state index in [2.05, 4.69) is 9.97 Å². The Hall–Kier alpha value is -2.50. The van der Waals surface area contributed by atoms with Crippen LogP contribution in [0, 0.1) is 12.7 Å². The molecule has 104 valence electrons. The minimum atomic E-state index is -1.05. The highest BCUT2D eigenvalue weighted by Gasteiger charge is 2.12. The summed E-state index contributed by atoms with van der Waals surface area (Å²) >= 11 is 0. The number of nitrogens with zero attached hydrogens (tertiary/aromatic N) is 3. The van der Waals surface area contributed by atoms with Crippen LogP contribution in [0.4, 0.5) is 10.3 Å². The van der Waals surface area contributed by atoms with Gasteiger partial charge in [0, 0.05) is 19.8 Å². The van der Waals surface area contributed by atoms with Crippen molar-refractivity contribution in [1.82, 2.24) is 9.97 Å². The Bertz CT molecular complexity index is 629. The second-order valence-electron chi connectivity index (χ2n) is 4.46. The van der Waals surface area contributed by atoms with E-state index in [0.717, 1.165) is 5.56 Å². The van der Waals surface area contributed by atoms with Crippen molar-refractivity contribution in [2.75, 3.05) is 11.9 Å². The van der Waals surface area contributed by atoms with Crippen LogP contribution in [-0.2, 0) is 6.54 Å². The number of aryl methyl sites for hydroxylation is 1. The van der Waals surface area contributed by atoms with Crippen molar-refractivity contribution in [1.29, 1.82) is 0 Å². The average molecular weight is 275 g/mol. The van der Waals surface area contributed by atoms with E-state index in [4.69, 9.17) is 5.11 Å². The number of hydrogen-bond acceptors (Lipinski definition) is 4. The molecule has 0 aliphatic rings. The quantitative estimate of drug-likeness (QED) is 0.927. The monoisotopic (exact) mass is 275 g/mol. The fraction of sp³-hybridized carbons (Fsp3) is 0.214. The molecule has 1 N–H and O–H groups in total. The van der Waals surface area contributed by atoms with Gasteiger partial charge in [0.05, 0.1) is 11.3 Å². The smallest absolute Gasteiger partial charge is 0.339 e. The van der Waals surface area contributed by atoms with Gasteiger partial charge in [-0.2, -0.15) is 0 Å². The molecule has 1 aromatic carbocycles. The van der Waals surface area contributed by atoms with E-state index < -0.39 is 5.97 Å². The molecule has 0 saturated heterocycles. The molecule has 0 aliphatic carbocycles. The molecule has 20 heavy (non-hydrogen) atoms. The Morgan fingerprint density at radius 1 is 1.35 bits per heavy atom. The van der Waals surface area contributed by atoms with Crippen LogP contribution >= 0.6 is 0 Å². The first-order chi connectivity index (χ1) is 9.47. The summed E-state index contributed by atoms with van der Waals surface area (Å²) in [5, 5.41) is 8.93. The Morgan fingerprint density at radius 2 is 2.00 bits per heavy atom. The molecule has 0 bridgehead atoms. The molecule has 0 atom stereocenters. The molecule has 6 heteroatoms. The van der Waals surface area contributed by atoms with Crippen LogP contribution in [0.2, 0.25) is 0 Å². The first-order valence-electron chi connectivity index (χ1n) is 6.00. The number of rotatable bonds is 4. The molecule has 0 radical (unpaired) electrons. The zero-order valence-electron chi connectivity index (χ0n) is 11.2. The number of halogens is 1. The van der Waals surface area contributed by atoms with E-state index in [1.54, 1.807) is 31.0 Å². The Balaban J connectivity index is 2.17. The molecule has 0 unspecified atom stereocenters. The predicted octanol–water partition coefficient (Wildman–Crippen LogP) is 2.26. The molecule has 0 aliphatic heterocycles. The molecular weight excluding hydrogens is 261 g/mol. The van der Waals surface area contributed by atoms with Crippen molar-refractivity contribution in [3.05, 3.63) is 53.1 Å². The summed E-state index contributed by atoms with van der Waals surface area (Å²) in [6, 6.07) is 6.15. The van der Waals surface area contributed by atoms with Gasteiger partial charge >= 0.3 is 5.97 Å². The van der Waals surface area contributed by atoms with Crippen LogP contribution in [0.3, 0.4) is 0 Å². The predicted molar refractivity (Wildman–Crippen MR) is 72.2 cm³/mol. The van der Waals surface area contributed by atoms with Crippen LogP contribution in [0.25, 0.3) is 0 Å². The number of aromatic carboxylic acids is 1. The second kappa shape index (κ2) is 5.64. The van der Waals surface area contributed by atoms with Crippen LogP contribution in [0.1, 0.15) is 21.6 Å². The van der Waals surface area contributed by atoms with Crippen molar-refractivity contribution in [2.45, 2.75) is 13.5 Å². The zero-order chi connectivity index (χ0) is 14.7. The SMILES string of the molecule is Cc1nc(N(C)Cc2ccc(F)cc2)ncc1C(=O)O. The fourth-order valence-corrected chi connectivity index (χ4v) is 1.78. The Labute approximate surface area is 115 Å². The Morgan fingerprint density at radius 3 is 2.55 bits per heavy atom. The van der Waals surface area contributed by atoms with Crippen molar-refractivity contribution >= 4 is 11.9 Å². The van der Waals surface area contributed by atoms with Crippen LogP contribution in [0.15, 0.2) is 30.5 Å². The van der Waals surface area contributed by atoms with Gasteiger partial charge in [-0.3, -0.25) is 0 Å². The van der Waals surface area contributed by atoms with Gasteiger partial charge in [0.1, 0.15) is 5.82 Å². The third-order valence-corrected chi connectivity index (χ3v) is 2.87. The summed E-state index contributed by atoms with van der Waals surface area (Å²) in [7, 11) is 1.79. The summed E-state index contributed by atoms with van der Waals surface area (Å²) in [5.41, 5.74) is 1.41. The summed E-state index contributed by atoms with van der Waals surface area (Å²) in [6.45, 7) is 2.13. The number of carbonyl (C=O) groups is 1. The van der Waals surface area contributed by atoms with Gasteiger partial charge in [-0.05, 0) is 24.6 Å². The van der Waals surface area contributed by atoms with E-state index in [9.17, 15) is 9.18 Å². The van der Waals surface area contributed by atoms with Gasteiger partial charge < -0.3 is 10.0 Å². The molecule has 5 nitrogen and oxygen atoms in total. The van der Waals surface area contributed by atoms with Gasteiger partial charge in [0.25, 0.3) is 0 Å². The van der Waals surface area contributed by atoms with Gasteiger partial charge in [0.2, 0.25) is 5.95 Å². The van der Waals surface area contributed by atoms with Crippen molar-refractivity contribution in [3.8, 4) is 0 Å². The van der Waals surface area contributed by atoms with E-state index in [0.29, 0.717) is 18.2 Å². The van der Waals surface area contributed by atoms with E-state index in [-0.39, 0.29) is 11.4 Å². The summed E-state index contributed by atoms with van der Waals surface area (Å²) in [4.78, 5) is 20.9. The van der Waals surface area contributed by atoms with E-state index in [1.807, 2.05) is 0 Å². The topological polar surface area (TPSA) is 66.3 Å². The number of aromatic nitrogens is 2. The molecule has 2 rings (SSSR count). The Kier molecular flexibility index (Phi) is 3.93. The molecule has 0 fully saturated rings. The van der Waals surface area contributed by atoms with Crippen LogP contribution in [-0.4, -0.2) is 28.1 Å². The number of hydrogen-bond donors (Lipinski definition) is 1. The third-order valence-electron chi connectivity index (χ3n) is 2.87. The highest BCUT2D eigenvalue weighted by Crippen LogP contribution is 2.13. The number of carboxylic acids is 1. The van der Waals surface area contributed by atoms with Gasteiger partial charge in [-0.15, -0.1) is 0 Å². The van der Waals surface area contributed by atoms with Gasteiger partial charge in [0.15, 0.2) is 0 Å². The summed E-state index contributed by atoms with van der Waals surface area (Å²) in [5.74, 6) is -0.902. The lowest BCUT2D eigenvalue weighted by atomic mass is 10.2. The largest absolute Gasteiger partial charge is 0.478 e. The summed E-state index contributed by atoms with van der Waals surface area (Å²) in [6.07, 6.45) is 1.29. The standard InChI is InChI=1S/C14H14FN3O2/c1-9-12(13(19)20)7-16-14(17-9)18(2)8-10-3-5-11(15)6-4-10/h3-7H,8H2,1-2H3,(H,19,20). The van der Waals surface area contributed by atoms with Crippen molar-refractivity contribution in [3.63, 3.8) is 0 Å². The minimum absolute atomic E-state index is 0.0870. The first-order valence-corrected chi connectivity index (χ1v) is 6.00. The number of carboxylic acid groups (broad SMARTS) is 1. The van der Waals surface area contributed by atoms with E-state index in [1.165, 1.54) is 18.3 Å². The van der Waals surface area contributed by atoms with Gasteiger partial charge in [-0.25, -0.2) is 19.2 Å². The molecule has 0 saturated carbocycles. The molecular formula is C14H14FN3O2. The maximum Gasteiger partial charge on any atom is 0.339 e. The lowest BCUT2D eigenvalue weighted by Gasteiger charge is -2.17. The fourth-order valence-electron chi connectivity index (χ4n) is 1.78. The molecule has 0 amide bonds. The number of anilines is 1. The minimum Gasteiger partial charge on any atom is -0.478 e. The molecule has 1 aromatic heterocycles. The van der Waals surface area contributed by atoms with Crippen molar-refractivity contribution in [2.24, 2.45) is 0 Å². The third kappa shape index (κ3) is 3.09. The maximum atomic E-state index is 12.8. The number of benzene rings is 1. The van der Waals surface area contributed by atoms with E-state index >= 15 is 0 Å². The normalized spacial score (nSPS) is 10.3. The zero-order valence-corrected chi connectivity index (χ0v) is 11.2. The van der Waals surface area contributed by atoms with Gasteiger partial charge in [-0.1, -0.05) is 12.1 Å². The van der Waals surface area contributed by atoms with Crippen molar-refractivity contribution < 1.29 is 14.3 Å². The van der Waals surface area contributed by atoms with Crippen LogP contribution < -0.4 is 4.90 Å². The lowest BCUT2D eigenvalue weighted by Crippen LogP contribution is -2.20. The highest BCUT2D eigenvalue weighted by atomic mass is 19.1. The molecule has 1 heterocycles. The highest BCUT2D eigenvalue weighted by molar-refractivity contribution is 5.88. The molecule has 0 spiro atoms. The average Bonchev–Trinajstić information content (AvgIpc) is 2.40. The molecule has 2 aromatic rings. The lowest BCUT2D eigenvalue weighted by molar-refractivity contribution is 0.0695. The summed E-state index contributed by atoms with van der Waals surface area (Å²) < 4.78 is 12.8. The maximum absolute atomic E-state index is 12.8. The van der Waals surface area contributed by atoms with Crippen LogP contribution in [0.5, 0.6) is 0 Å².